The number of hydrogen-bond donors (Lipinski definition) is 1. The van der Waals surface area contributed by atoms with E-state index >= 15 is 0 Å². The highest BCUT2D eigenvalue weighted by molar-refractivity contribution is 5.85. The number of hydrogen-bond acceptors (Lipinski definition) is 3. The Morgan fingerprint density at radius 1 is 1.14 bits per heavy atom. The van der Waals surface area contributed by atoms with Crippen LogP contribution in [0.25, 0.3) is 0 Å². The molecule has 3 aliphatic rings. The van der Waals surface area contributed by atoms with Crippen molar-refractivity contribution < 1.29 is 9.53 Å². The van der Waals surface area contributed by atoms with Crippen LogP contribution in [-0.2, 0) is 9.53 Å². The zero-order chi connectivity index (χ0) is 14.7. The van der Waals surface area contributed by atoms with Gasteiger partial charge in [0.25, 0.3) is 5.91 Å². The Balaban J connectivity index is 0.00000176. The van der Waals surface area contributed by atoms with Crippen LogP contribution in [0.3, 0.4) is 0 Å². The molecule has 1 saturated carbocycles. The quantitative estimate of drug-likeness (QED) is 0.861. The minimum atomic E-state index is -0.204. The van der Waals surface area contributed by atoms with E-state index in [2.05, 4.69) is 17.1 Å². The van der Waals surface area contributed by atoms with Crippen molar-refractivity contribution >= 4 is 18.3 Å². The fourth-order valence-electron chi connectivity index (χ4n) is 4.23. The van der Waals surface area contributed by atoms with Crippen LogP contribution in [0.5, 0.6) is 0 Å². The van der Waals surface area contributed by atoms with Crippen molar-refractivity contribution in [3.63, 3.8) is 0 Å². The van der Waals surface area contributed by atoms with Gasteiger partial charge in [-0.1, -0.05) is 19.8 Å². The van der Waals surface area contributed by atoms with Crippen molar-refractivity contribution in [1.82, 2.24) is 10.2 Å². The first-order chi connectivity index (χ1) is 10.3. The van der Waals surface area contributed by atoms with Crippen LogP contribution in [-0.4, -0.2) is 49.2 Å². The lowest BCUT2D eigenvalue weighted by Gasteiger charge is -2.27. The van der Waals surface area contributed by atoms with Crippen molar-refractivity contribution in [3.8, 4) is 0 Å². The summed E-state index contributed by atoms with van der Waals surface area (Å²) in [4.78, 5) is 14.9. The first kappa shape index (κ1) is 18.0. The van der Waals surface area contributed by atoms with Crippen LogP contribution < -0.4 is 5.32 Å². The van der Waals surface area contributed by atoms with E-state index in [0.29, 0.717) is 6.10 Å². The lowest BCUT2D eigenvalue weighted by Crippen LogP contribution is -2.42. The van der Waals surface area contributed by atoms with Gasteiger partial charge in [-0.05, 0) is 57.0 Å². The van der Waals surface area contributed by atoms with Crippen LogP contribution in [0, 0.1) is 11.8 Å². The van der Waals surface area contributed by atoms with Gasteiger partial charge in [0.1, 0.15) is 6.10 Å². The largest absolute Gasteiger partial charge is 0.365 e. The number of rotatable bonds is 4. The lowest BCUT2D eigenvalue weighted by molar-refractivity contribution is -0.147. The minimum absolute atomic E-state index is 0. The molecule has 1 unspecified atom stereocenters. The molecule has 4 nitrogen and oxygen atoms in total. The number of ether oxygens (including phenoxy) is 1. The van der Waals surface area contributed by atoms with Crippen LogP contribution in [0.15, 0.2) is 0 Å². The van der Waals surface area contributed by atoms with Crippen molar-refractivity contribution in [3.05, 3.63) is 0 Å². The number of likely N-dealkylation sites (tertiary alicyclic amines) is 1. The second kappa shape index (κ2) is 8.51. The maximum atomic E-state index is 12.8. The molecule has 1 N–H and O–H groups in total. The number of nitrogens with zero attached hydrogens (tertiary/aromatic N) is 1. The molecule has 2 heterocycles. The molecular formula is C17H31ClN2O2. The van der Waals surface area contributed by atoms with E-state index in [0.717, 1.165) is 70.1 Å². The van der Waals surface area contributed by atoms with Crippen molar-refractivity contribution in [2.24, 2.45) is 11.8 Å². The molecule has 22 heavy (non-hydrogen) atoms. The Kier molecular flexibility index (Phi) is 6.97. The van der Waals surface area contributed by atoms with Crippen molar-refractivity contribution in [2.45, 2.75) is 64.1 Å². The summed E-state index contributed by atoms with van der Waals surface area (Å²) in [5.41, 5.74) is 0. The van der Waals surface area contributed by atoms with E-state index in [4.69, 9.17) is 4.74 Å². The second-order valence-corrected chi connectivity index (χ2v) is 7.02. The molecule has 0 spiro atoms. The van der Waals surface area contributed by atoms with Crippen LogP contribution >= 0.6 is 12.4 Å². The molecule has 0 bridgehead atoms. The van der Waals surface area contributed by atoms with Crippen LogP contribution in [0.4, 0.5) is 0 Å². The fourth-order valence-corrected chi connectivity index (χ4v) is 4.23. The third-order valence-corrected chi connectivity index (χ3v) is 5.64. The number of fused-ring (bicyclic) bond motifs is 1. The summed E-state index contributed by atoms with van der Waals surface area (Å²) in [5.74, 6) is 1.80. The Bertz CT molecular complexity index is 347. The summed E-state index contributed by atoms with van der Waals surface area (Å²) in [6.45, 7) is 6.21. The SMILES string of the molecule is CCC(OC1CCCC1)C(=O)N1CC[C@@H]2CNC[C@@H]2CC1.Cl. The molecule has 0 aromatic heterocycles. The van der Waals surface area contributed by atoms with Crippen molar-refractivity contribution in [2.75, 3.05) is 26.2 Å². The molecule has 0 aromatic carbocycles. The van der Waals surface area contributed by atoms with E-state index in [-0.39, 0.29) is 24.4 Å². The normalized spacial score (nSPS) is 30.5. The van der Waals surface area contributed by atoms with Gasteiger partial charge in [-0.25, -0.2) is 0 Å². The third kappa shape index (κ3) is 4.15. The van der Waals surface area contributed by atoms with Gasteiger partial charge in [-0.2, -0.15) is 0 Å². The highest BCUT2D eigenvalue weighted by Crippen LogP contribution is 2.28. The van der Waals surface area contributed by atoms with Gasteiger partial charge in [0, 0.05) is 13.1 Å². The van der Waals surface area contributed by atoms with Gasteiger partial charge >= 0.3 is 0 Å². The zero-order valence-corrected chi connectivity index (χ0v) is 14.6. The topological polar surface area (TPSA) is 41.6 Å². The van der Waals surface area contributed by atoms with E-state index in [1.165, 1.54) is 12.8 Å². The molecule has 3 rings (SSSR count). The first-order valence-corrected chi connectivity index (χ1v) is 8.93. The predicted molar refractivity (Wildman–Crippen MR) is 90.3 cm³/mol. The monoisotopic (exact) mass is 330 g/mol. The summed E-state index contributed by atoms with van der Waals surface area (Å²) in [5, 5.41) is 3.49. The molecule has 0 aromatic rings. The third-order valence-electron chi connectivity index (χ3n) is 5.64. The molecule has 3 atom stereocenters. The van der Waals surface area contributed by atoms with Gasteiger partial charge in [0.2, 0.25) is 0 Å². The zero-order valence-electron chi connectivity index (χ0n) is 13.8. The minimum Gasteiger partial charge on any atom is -0.365 e. The lowest BCUT2D eigenvalue weighted by atomic mass is 9.92. The summed E-state index contributed by atoms with van der Waals surface area (Å²) >= 11 is 0. The summed E-state index contributed by atoms with van der Waals surface area (Å²) in [6.07, 6.45) is 8.04. The number of carbonyl (C=O) groups is 1. The molecule has 1 amide bonds. The fraction of sp³-hybridized carbons (Fsp3) is 0.941. The van der Waals surface area contributed by atoms with Crippen molar-refractivity contribution in [1.29, 1.82) is 0 Å². The average molecular weight is 331 g/mol. The number of nitrogens with one attached hydrogen (secondary N) is 1. The molecule has 0 radical (unpaired) electrons. The predicted octanol–water partition coefficient (Wildman–Crippen LogP) is 2.60. The van der Waals surface area contributed by atoms with E-state index in [1.807, 2.05) is 0 Å². The maximum Gasteiger partial charge on any atom is 0.251 e. The van der Waals surface area contributed by atoms with Gasteiger partial charge in [0.05, 0.1) is 6.10 Å². The van der Waals surface area contributed by atoms with Crippen LogP contribution in [0.1, 0.15) is 51.9 Å². The Labute approximate surface area is 140 Å². The molecule has 2 aliphatic heterocycles. The molecule has 5 heteroatoms. The molecule has 128 valence electrons. The smallest absolute Gasteiger partial charge is 0.251 e. The van der Waals surface area contributed by atoms with E-state index < -0.39 is 0 Å². The molecular weight excluding hydrogens is 300 g/mol. The van der Waals surface area contributed by atoms with Gasteiger partial charge in [-0.3, -0.25) is 4.79 Å². The molecule has 2 saturated heterocycles. The highest BCUT2D eigenvalue weighted by Gasteiger charge is 2.34. The summed E-state index contributed by atoms with van der Waals surface area (Å²) in [6, 6.07) is 0. The number of carbonyl (C=O) groups excluding carboxylic acids is 1. The van der Waals surface area contributed by atoms with Crippen LogP contribution in [0.2, 0.25) is 0 Å². The van der Waals surface area contributed by atoms with Gasteiger partial charge < -0.3 is 15.0 Å². The van der Waals surface area contributed by atoms with Gasteiger partial charge in [0.15, 0.2) is 0 Å². The maximum absolute atomic E-state index is 12.8. The number of halogens is 1. The Hall–Kier alpha value is -0.320. The summed E-state index contributed by atoms with van der Waals surface area (Å²) in [7, 11) is 0. The standard InChI is InChI=1S/C17H30N2O2.ClH/c1-2-16(21-15-5-3-4-6-15)17(20)19-9-7-13-11-18-12-14(13)8-10-19;/h13-16,18H,2-12H2,1H3;1H/t13-,14+,16?;. The number of amides is 1. The Morgan fingerprint density at radius 2 is 1.73 bits per heavy atom. The molecule has 1 aliphatic carbocycles. The summed E-state index contributed by atoms with van der Waals surface area (Å²) < 4.78 is 6.11. The van der Waals surface area contributed by atoms with E-state index in [9.17, 15) is 4.79 Å². The average Bonchev–Trinajstić information content (AvgIpc) is 3.13. The highest BCUT2D eigenvalue weighted by atomic mass is 35.5. The molecule has 3 fully saturated rings. The second-order valence-electron chi connectivity index (χ2n) is 7.02. The van der Waals surface area contributed by atoms with E-state index in [1.54, 1.807) is 0 Å². The Morgan fingerprint density at radius 3 is 2.27 bits per heavy atom. The first-order valence-electron chi connectivity index (χ1n) is 8.93. The van der Waals surface area contributed by atoms with Gasteiger partial charge in [-0.15, -0.1) is 12.4 Å².